The molecule has 712 valence electrons. The third kappa shape index (κ3) is 48.4. The maximum absolute atomic E-state index is 12.1. The number of hydrogen-bond acceptors (Lipinski definition) is 12. The van der Waals surface area contributed by atoms with Crippen molar-refractivity contribution in [3.63, 3.8) is 0 Å². The zero-order valence-corrected chi connectivity index (χ0v) is 71.3. The van der Waals surface area contributed by atoms with E-state index in [9.17, 15) is 19.2 Å². The fourth-order valence-corrected chi connectivity index (χ4v) is 10.5. The van der Waals surface area contributed by atoms with E-state index in [-0.39, 0.29) is 146 Å². The lowest BCUT2D eigenvalue weighted by Gasteiger charge is -2.24. The second kappa shape index (κ2) is 70.1. The number of phenolic OH excluding ortho intramolecular Hbond substituents is 3. The maximum atomic E-state index is 12.1. The topological polar surface area (TPSA) is 175 Å². The molecule has 0 spiro atoms. The van der Waals surface area contributed by atoms with Gasteiger partial charge in [-0.05, 0) is 292 Å². The highest BCUT2D eigenvalue weighted by molar-refractivity contribution is 5.79. The Morgan fingerprint density at radius 1 is 0.306 bits per heavy atom. The molecule has 0 heterocycles. The monoisotopic (exact) mass is 1730 g/mol. The Balaban J connectivity index is -0.000000117. The van der Waals surface area contributed by atoms with Crippen LogP contribution < -0.4 is 9.47 Å². The van der Waals surface area contributed by atoms with Gasteiger partial charge in [-0.15, -0.1) is 0 Å². The summed E-state index contributed by atoms with van der Waals surface area (Å²) in [5, 5.41) is 27.0. The first-order valence-corrected chi connectivity index (χ1v) is 40.1. The number of methoxy groups -OCH3 is 1. The van der Waals surface area contributed by atoms with Crippen molar-refractivity contribution in [2.75, 3.05) is 7.11 Å². The van der Waals surface area contributed by atoms with Crippen LogP contribution in [0.3, 0.4) is 0 Å². The van der Waals surface area contributed by atoms with Gasteiger partial charge < -0.3 is 39.0 Å². The largest absolute Gasteiger partial charge is 0.508 e. The lowest BCUT2D eigenvalue weighted by atomic mass is 9.89. The Hall–Kier alpha value is -9.16. The number of aromatic hydroxyl groups is 3. The third-order valence-corrected chi connectivity index (χ3v) is 21.5. The second-order valence-corrected chi connectivity index (χ2v) is 31.9. The zero-order chi connectivity index (χ0) is 82.5. The van der Waals surface area contributed by atoms with E-state index >= 15 is 0 Å². The number of esters is 4. The molecule has 12 nitrogen and oxygen atoms in total. The fraction of sp³-hybridized carbons (Fsp3) is 0.536. The van der Waals surface area contributed by atoms with Gasteiger partial charge in [0.1, 0.15) is 47.1 Å². The fourth-order valence-electron chi connectivity index (χ4n) is 10.5. The Labute approximate surface area is 766 Å². The number of phenols is 3. The summed E-state index contributed by atoms with van der Waals surface area (Å²) in [5.74, 6) is 4.14. The van der Waals surface area contributed by atoms with Crippen molar-refractivity contribution < 1.29 is 58.2 Å². The van der Waals surface area contributed by atoms with Crippen LogP contribution in [0.25, 0.3) is 11.1 Å². The number of carbonyl (C=O) groups excluding carboxylic acids is 4. The molecule has 1 aliphatic carbocycles. The van der Waals surface area contributed by atoms with Gasteiger partial charge in [-0.3, -0.25) is 19.2 Å². The van der Waals surface area contributed by atoms with Gasteiger partial charge in [0, 0.05) is 0 Å². The van der Waals surface area contributed by atoms with E-state index in [1.807, 2.05) is 219 Å². The summed E-state index contributed by atoms with van der Waals surface area (Å²) in [7, 11) is 1.63. The van der Waals surface area contributed by atoms with Crippen molar-refractivity contribution in [2.45, 2.75) is 376 Å². The van der Waals surface area contributed by atoms with Crippen molar-refractivity contribution >= 4 is 23.9 Å². The van der Waals surface area contributed by atoms with Gasteiger partial charge in [0.25, 0.3) is 0 Å². The van der Waals surface area contributed by atoms with Gasteiger partial charge in [0.2, 0.25) is 0 Å². The molecule has 0 aromatic heterocycles. The molecule has 0 bridgehead atoms. The number of ether oxygens (including phenoxy) is 5. The predicted molar refractivity (Wildman–Crippen MR) is 549 cm³/mol. The molecule has 8 aromatic rings. The van der Waals surface area contributed by atoms with Crippen LogP contribution in [0, 0.1) is 21.7 Å². The molecule has 0 amide bonds. The van der Waals surface area contributed by atoms with Gasteiger partial charge in [0.05, 0.1) is 28.8 Å². The lowest BCUT2D eigenvalue weighted by molar-refractivity contribution is -0.160. The second-order valence-electron chi connectivity index (χ2n) is 31.9. The molecular weight excluding hydrogens is 1540 g/mol. The number of hydrogen-bond donors (Lipinski definition) is 3. The first-order valence-electron chi connectivity index (χ1n) is 40.1. The average molecular weight is 1730 g/mol. The standard InChI is InChI=1S/C18H26O2.C18H20O2.C17H26O2.C15H22O3.3C10H14O.14CH4/c1-5-18(3,4)17(19)20-13(2)15-11-10-14-8-6-7-9-16(14)12-15;1-4-18(2,3)17(19)20-16-12-10-15(11-13-16)14-8-6-5-7-9-14;1-7-17(5,6)16(18)19-13(4)15-10-8-14(9-11-15)12(2)3;1-6-15(3,4)14(16)18-11(2)12-7-9-13(17-5)10-8-12;3*1-3-8(2)9-4-6-10(11)7-5-9;;;;;;;;;;;;;;/h10-13H,5-9H2,1-4H3;5-13H,4H2,1-3H3;8-13H,7H2,1-6H3;7-11H,6H2,1-5H3;3*4-8,11H,3H2,1-2H3;14*1H4. The molecule has 124 heavy (non-hydrogen) atoms. The van der Waals surface area contributed by atoms with Crippen molar-refractivity contribution in [3.8, 4) is 39.9 Å². The summed E-state index contributed by atoms with van der Waals surface area (Å²) < 4.78 is 27.2. The summed E-state index contributed by atoms with van der Waals surface area (Å²) in [6.07, 6.45) is 10.8. The summed E-state index contributed by atoms with van der Waals surface area (Å²) in [4.78, 5) is 48.1. The number of fused-ring (bicyclic) bond motifs is 1. The minimum Gasteiger partial charge on any atom is -0.508 e. The molecule has 0 aliphatic heterocycles. The predicted octanol–water partition coefficient (Wildman–Crippen LogP) is 35.5. The van der Waals surface area contributed by atoms with E-state index in [2.05, 4.69) is 97.9 Å². The molecule has 0 radical (unpaired) electrons. The lowest BCUT2D eigenvalue weighted by Crippen LogP contribution is -2.28. The Bertz CT molecular complexity index is 3810. The van der Waals surface area contributed by atoms with Gasteiger partial charge >= 0.3 is 23.9 Å². The highest BCUT2D eigenvalue weighted by Crippen LogP contribution is 2.34. The molecule has 6 unspecified atom stereocenters. The molecule has 0 saturated carbocycles. The SMILES string of the molecule is C.C.C.C.C.C.C.C.C.C.C.C.C.C.CCC(C)(C)C(=O)OC(C)c1ccc(C(C)C)cc1.CCC(C)(C)C(=O)OC(C)c1ccc(OC)cc1.CCC(C)(C)C(=O)OC(C)c1ccc2c(c1)CCCC2.CCC(C)(C)C(=O)Oc1ccc(-c2ccccc2)cc1.CCC(C)c1ccc(O)cc1.CCC(C)c1ccc(O)cc1.CCC(C)c1ccc(O)cc1. The van der Waals surface area contributed by atoms with E-state index in [0.717, 1.165) is 84.9 Å². The van der Waals surface area contributed by atoms with Gasteiger partial charge in [-0.2, -0.15) is 0 Å². The smallest absolute Gasteiger partial charge is 0.316 e. The normalized spacial score (nSPS) is 11.8. The van der Waals surface area contributed by atoms with E-state index in [1.165, 1.54) is 52.6 Å². The first-order chi connectivity index (χ1) is 51.8. The number of benzene rings is 8. The molecule has 0 saturated heterocycles. The van der Waals surface area contributed by atoms with Crippen molar-refractivity contribution in [1.82, 2.24) is 0 Å². The average Bonchev–Trinajstić information content (AvgIpc) is 0.838. The molecule has 12 heteroatoms. The van der Waals surface area contributed by atoms with Crippen LogP contribution in [0.4, 0.5) is 0 Å². The number of aryl methyl sites for hydroxylation is 2. The summed E-state index contributed by atoms with van der Waals surface area (Å²) in [6.45, 7) is 46.5. The van der Waals surface area contributed by atoms with Crippen LogP contribution in [0.2, 0.25) is 0 Å². The molecule has 6 atom stereocenters. The zero-order valence-electron chi connectivity index (χ0n) is 71.3. The Kier molecular flexibility index (Phi) is 79.5. The van der Waals surface area contributed by atoms with Crippen molar-refractivity contribution in [2.24, 2.45) is 21.7 Å². The van der Waals surface area contributed by atoms with Crippen molar-refractivity contribution in [1.29, 1.82) is 0 Å². The van der Waals surface area contributed by atoms with E-state index < -0.39 is 21.7 Å². The van der Waals surface area contributed by atoms with Crippen LogP contribution in [0.5, 0.6) is 28.7 Å². The molecule has 9 rings (SSSR count). The number of rotatable bonds is 24. The van der Waals surface area contributed by atoms with Gasteiger partial charge in [0.15, 0.2) is 0 Å². The van der Waals surface area contributed by atoms with E-state index in [4.69, 9.17) is 39.0 Å². The van der Waals surface area contributed by atoms with Gasteiger partial charge in [-0.25, -0.2) is 0 Å². The quantitative estimate of drug-likeness (QED) is 0.0297. The minimum absolute atomic E-state index is 0. The van der Waals surface area contributed by atoms with Gasteiger partial charge in [-0.1, -0.05) is 321 Å². The summed E-state index contributed by atoms with van der Waals surface area (Å²) >= 11 is 0. The Morgan fingerprint density at radius 3 is 0.863 bits per heavy atom. The minimum atomic E-state index is -0.446. The number of carbonyl (C=O) groups is 4. The maximum Gasteiger partial charge on any atom is 0.316 e. The molecule has 3 N–H and O–H groups in total. The molecule has 0 fully saturated rings. The van der Waals surface area contributed by atoms with E-state index in [1.54, 1.807) is 43.5 Å². The van der Waals surface area contributed by atoms with E-state index in [0.29, 0.717) is 46.7 Å². The molecule has 1 aliphatic rings. The highest BCUT2D eigenvalue weighted by Gasteiger charge is 2.32. The molecule has 8 aromatic carbocycles. The van der Waals surface area contributed by atoms with Crippen LogP contribution in [-0.2, 0) is 46.2 Å². The van der Waals surface area contributed by atoms with Crippen LogP contribution in [-0.4, -0.2) is 46.3 Å². The van der Waals surface area contributed by atoms with Crippen molar-refractivity contribution in [3.05, 3.63) is 244 Å². The third-order valence-electron chi connectivity index (χ3n) is 21.5. The van der Waals surface area contributed by atoms with Crippen LogP contribution >= 0.6 is 0 Å². The van der Waals surface area contributed by atoms with Crippen LogP contribution in [0.15, 0.2) is 194 Å². The first kappa shape index (κ1) is 141. The highest BCUT2D eigenvalue weighted by atomic mass is 16.6. The molecular formula is C112H192O12. The summed E-state index contributed by atoms with van der Waals surface area (Å²) in [5.41, 5.74) is 11.8. The van der Waals surface area contributed by atoms with Crippen LogP contribution in [0.1, 0.15) is 413 Å². The summed E-state index contributed by atoms with van der Waals surface area (Å²) in [6, 6.07) is 62.4. The Morgan fingerprint density at radius 2 is 0.565 bits per heavy atom.